The van der Waals surface area contributed by atoms with Crippen molar-refractivity contribution in [1.82, 2.24) is 15.3 Å². The molecule has 0 unspecified atom stereocenters. The number of aromatic nitrogens is 2. The number of nitrogens with zero attached hydrogens (tertiary/aromatic N) is 2. The van der Waals surface area contributed by atoms with E-state index >= 15 is 0 Å². The van der Waals surface area contributed by atoms with Gasteiger partial charge in [-0.3, -0.25) is 4.79 Å². The van der Waals surface area contributed by atoms with Crippen LogP contribution in [0, 0.1) is 13.8 Å². The highest BCUT2D eigenvalue weighted by Gasteiger charge is 2.22. The maximum absolute atomic E-state index is 12.4. The second-order valence-corrected chi connectivity index (χ2v) is 7.39. The molecule has 1 atom stereocenters. The van der Waals surface area contributed by atoms with Crippen molar-refractivity contribution in [3.8, 4) is 0 Å². The summed E-state index contributed by atoms with van der Waals surface area (Å²) in [6.45, 7) is 3.46. The number of benzene rings is 2. The second kappa shape index (κ2) is 7.99. The molecule has 3 aromatic rings. The number of rotatable bonds is 4. The predicted molar refractivity (Wildman–Crippen MR) is 110 cm³/mol. The third-order valence-corrected chi connectivity index (χ3v) is 5.35. The van der Waals surface area contributed by atoms with Gasteiger partial charge in [-0.1, -0.05) is 24.3 Å². The van der Waals surface area contributed by atoms with E-state index in [0.29, 0.717) is 11.1 Å². The van der Waals surface area contributed by atoms with Crippen molar-refractivity contribution in [3.05, 3.63) is 70.5 Å². The van der Waals surface area contributed by atoms with E-state index in [9.17, 15) is 9.59 Å². The Morgan fingerprint density at radius 3 is 2.66 bits per heavy atom. The van der Waals surface area contributed by atoms with Crippen LogP contribution in [-0.2, 0) is 16.0 Å². The molecule has 1 N–H and O–H groups in total. The summed E-state index contributed by atoms with van der Waals surface area (Å²) in [6.07, 6.45) is 2.94. The molecule has 6 heteroatoms. The Morgan fingerprint density at radius 1 is 1.07 bits per heavy atom. The van der Waals surface area contributed by atoms with Crippen molar-refractivity contribution in [3.63, 3.8) is 0 Å². The highest BCUT2D eigenvalue weighted by Crippen LogP contribution is 2.29. The van der Waals surface area contributed by atoms with Gasteiger partial charge in [0.15, 0.2) is 6.61 Å². The van der Waals surface area contributed by atoms with E-state index in [4.69, 9.17) is 4.74 Å². The lowest BCUT2D eigenvalue weighted by Gasteiger charge is -2.26. The van der Waals surface area contributed by atoms with E-state index in [2.05, 4.69) is 21.4 Å². The molecule has 2 aromatic carbocycles. The Bertz CT molecular complexity index is 1090. The van der Waals surface area contributed by atoms with Crippen LogP contribution in [0.3, 0.4) is 0 Å². The van der Waals surface area contributed by atoms with Gasteiger partial charge in [-0.05, 0) is 62.4 Å². The molecule has 0 bridgehead atoms. The third kappa shape index (κ3) is 4.11. The van der Waals surface area contributed by atoms with Crippen LogP contribution in [0.1, 0.15) is 51.8 Å². The van der Waals surface area contributed by atoms with Crippen molar-refractivity contribution < 1.29 is 14.3 Å². The molecule has 0 spiro atoms. The van der Waals surface area contributed by atoms with Crippen molar-refractivity contribution in [1.29, 1.82) is 0 Å². The van der Waals surface area contributed by atoms with Gasteiger partial charge in [-0.2, -0.15) is 0 Å². The smallest absolute Gasteiger partial charge is 0.338 e. The van der Waals surface area contributed by atoms with E-state index in [0.717, 1.165) is 41.7 Å². The van der Waals surface area contributed by atoms with Crippen molar-refractivity contribution in [2.45, 2.75) is 39.2 Å². The van der Waals surface area contributed by atoms with Crippen LogP contribution in [0.15, 0.2) is 42.5 Å². The number of esters is 1. The Balaban J connectivity index is 1.39. The summed E-state index contributed by atoms with van der Waals surface area (Å²) in [5.41, 5.74) is 5.79. The fourth-order valence-corrected chi connectivity index (χ4v) is 3.71. The number of hydrogen-bond acceptors (Lipinski definition) is 5. The van der Waals surface area contributed by atoms with Crippen LogP contribution in [0.4, 0.5) is 0 Å². The second-order valence-electron chi connectivity index (χ2n) is 7.39. The number of carbonyl (C=O) groups excluding carboxylic acids is 2. The number of amides is 1. The molecule has 1 amide bonds. The molecule has 1 heterocycles. The number of nitrogens with one attached hydrogen (secondary N) is 1. The molecular formula is C23H23N3O3. The van der Waals surface area contributed by atoms with Gasteiger partial charge in [0.05, 0.1) is 34.0 Å². The Kier molecular flexibility index (Phi) is 5.25. The monoisotopic (exact) mass is 389 g/mol. The van der Waals surface area contributed by atoms with Gasteiger partial charge in [0.25, 0.3) is 5.91 Å². The normalized spacial score (nSPS) is 15.6. The van der Waals surface area contributed by atoms with Gasteiger partial charge < -0.3 is 10.1 Å². The third-order valence-electron chi connectivity index (χ3n) is 5.35. The largest absolute Gasteiger partial charge is 0.452 e. The molecule has 0 saturated heterocycles. The quantitative estimate of drug-likeness (QED) is 0.690. The number of ether oxygens (including phenoxy) is 1. The zero-order valence-corrected chi connectivity index (χ0v) is 16.6. The van der Waals surface area contributed by atoms with Crippen LogP contribution in [0.25, 0.3) is 11.0 Å². The van der Waals surface area contributed by atoms with Crippen molar-refractivity contribution in [2.24, 2.45) is 0 Å². The highest BCUT2D eigenvalue weighted by molar-refractivity contribution is 5.94. The molecule has 1 aliphatic carbocycles. The predicted octanol–water partition coefficient (Wildman–Crippen LogP) is 3.60. The molecule has 148 valence electrons. The topological polar surface area (TPSA) is 81.2 Å². The van der Waals surface area contributed by atoms with Crippen LogP contribution >= 0.6 is 0 Å². The molecule has 0 saturated carbocycles. The molecule has 4 rings (SSSR count). The zero-order valence-electron chi connectivity index (χ0n) is 16.6. The number of hydrogen-bond donors (Lipinski definition) is 1. The fraction of sp³-hybridized carbons (Fsp3) is 0.304. The first kappa shape index (κ1) is 19.1. The van der Waals surface area contributed by atoms with E-state index in [1.807, 2.05) is 32.0 Å². The summed E-state index contributed by atoms with van der Waals surface area (Å²) in [6, 6.07) is 13.1. The maximum atomic E-state index is 12.4. The van der Waals surface area contributed by atoms with Crippen LogP contribution in [-0.4, -0.2) is 28.5 Å². The van der Waals surface area contributed by atoms with E-state index < -0.39 is 5.97 Å². The lowest BCUT2D eigenvalue weighted by atomic mass is 9.88. The van der Waals surface area contributed by atoms with Gasteiger partial charge in [-0.15, -0.1) is 0 Å². The number of carbonyl (C=O) groups is 2. The molecule has 0 fully saturated rings. The first-order chi connectivity index (χ1) is 14.0. The van der Waals surface area contributed by atoms with Gasteiger partial charge in [-0.25, -0.2) is 14.8 Å². The number of aryl methyl sites for hydroxylation is 3. The van der Waals surface area contributed by atoms with Crippen LogP contribution in [0.5, 0.6) is 0 Å². The fourth-order valence-electron chi connectivity index (χ4n) is 3.71. The summed E-state index contributed by atoms with van der Waals surface area (Å²) < 4.78 is 5.22. The molecule has 6 nitrogen and oxygen atoms in total. The minimum atomic E-state index is -0.550. The van der Waals surface area contributed by atoms with Gasteiger partial charge in [0, 0.05) is 0 Å². The first-order valence-corrected chi connectivity index (χ1v) is 9.80. The van der Waals surface area contributed by atoms with Gasteiger partial charge in [0.1, 0.15) is 0 Å². The molecule has 1 aromatic heterocycles. The van der Waals surface area contributed by atoms with E-state index in [1.54, 1.807) is 18.2 Å². The standard InChI is InChI=1S/C23H23N3O3/c1-14-15(2)25-21-12-17(10-11-20(21)24-14)23(28)29-13-22(27)26-19-9-5-7-16-6-3-4-8-18(16)19/h3-4,6,8,10-12,19H,5,7,9,13H2,1-2H3,(H,26,27)/t19-/m1/s1. The summed E-state index contributed by atoms with van der Waals surface area (Å²) in [7, 11) is 0. The Morgan fingerprint density at radius 2 is 1.83 bits per heavy atom. The Hall–Kier alpha value is -3.28. The molecule has 29 heavy (non-hydrogen) atoms. The van der Waals surface area contributed by atoms with E-state index in [-0.39, 0.29) is 18.6 Å². The number of fused-ring (bicyclic) bond motifs is 2. The minimum absolute atomic E-state index is 0.0340. The Labute approximate surface area is 169 Å². The molecular weight excluding hydrogens is 366 g/mol. The summed E-state index contributed by atoms with van der Waals surface area (Å²) in [5.74, 6) is -0.849. The minimum Gasteiger partial charge on any atom is -0.452 e. The summed E-state index contributed by atoms with van der Waals surface area (Å²) in [5, 5.41) is 2.99. The lowest BCUT2D eigenvalue weighted by Crippen LogP contribution is -2.34. The zero-order chi connectivity index (χ0) is 20.4. The van der Waals surface area contributed by atoms with Crippen molar-refractivity contribution in [2.75, 3.05) is 6.61 Å². The molecule has 1 aliphatic rings. The molecule has 0 radical (unpaired) electrons. The highest BCUT2D eigenvalue weighted by atomic mass is 16.5. The van der Waals surface area contributed by atoms with Crippen LogP contribution < -0.4 is 5.32 Å². The molecule has 0 aliphatic heterocycles. The van der Waals surface area contributed by atoms with Gasteiger partial charge >= 0.3 is 5.97 Å². The maximum Gasteiger partial charge on any atom is 0.338 e. The SMILES string of the molecule is Cc1nc2ccc(C(=O)OCC(=O)N[C@@H]3CCCc4ccccc43)cc2nc1C. The summed E-state index contributed by atoms with van der Waals surface area (Å²) >= 11 is 0. The average Bonchev–Trinajstić information content (AvgIpc) is 2.73. The van der Waals surface area contributed by atoms with Crippen LogP contribution in [0.2, 0.25) is 0 Å². The van der Waals surface area contributed by atoms with E-state index in [1.165, 1.54) is 5.56 Å². The van der Waals surface area contributed by atoms with Gasteiger partial charge in [0.2, 0.25) is 0 Å². The summed E-state index contributed by atoms with van der Waals surface area (Å²) in [4.78, 5) is 33.6. The lowest BCUT2D eigenvalue weighted by molar-refractivity contribution is -0.125. The average molecular weight is 389 g/mol. The first-order valence-electron chi connectivity index (χ1n) is 9.80. The van der Waals surface area contributed by atoms with Crippen molar-refractivity contribution >= 4 is 22.9 Å².